The van der Waals surface area contributed by atoms with Gasteiger partial charge in [0.25, 0.3) is 5.91 Å². The van der Waals surface area contributed by atoms with E-state index in [0.29, 0.717) is 5.69 Å². The molecule has 2 aromatic carbocycles. The van der Waals surface area contributed by atoms with Crippen LogP contribution in [0.1, 0.15) is 27.2 Å². The molecule has 126 valence electrons. The standard InChI is InChI=1S/C21H21N3O/c1-15-6-8-18(9-7-15)24-21(25)20-11-10-19(14-23-20)22-13-17-5-3-4-16(2)12-17/h3-12,14,22H,13H2,1-2H3,(H,24,25). The van der Waals surface area contributed by atoms with Gasteiger partial charge in [-0.15, -0.1) is 0 Å². The molecule has 25 heavy (non-hydrogen) atoms. The fraction of sp³-hybridized carbons (Fsp3) is 0.143. The third-order valence-corrected chi connectivity index (χ3v) is 3.88. The summed E-state index contributed by atoms with van der Waals surface area (Å²) in [6, 6.07) is 19.6. The molecule has 0 unspecified atom stereocenters. The van der Waals surface area contributed by atoms with Crippen LogP contribution in [0, 0.1) is 13.8 Å². The van der Waals surface area contributed by atoms with Crippen LogP contribution in [0.3, 0.4) is 0 Å². The van der Waals surface area contributed by atoms with Crippen LogP contribution >= 0.6 is 0 Å². The second kappa shape index (κ2) is 7.62. The molecule has 1 heterocycles. The number of carbonyl (C=O) groups excluding carboxylic acids is 1. The zero-order valence-corrected chi connectivity index (χ0v) is 14.4. The van der Waals surface area contributed by atoms with Crippen molar-refractivity contribution < 1.29 is 4.79 Å². The Morgan fingerprint density at radius 2 is 1.68 bits per heavy atom. The molecule has 3 aromatic rings. The van der Waals surface area contributed by atoms with Crippen LogP contribution in [0.4, 0.5) is 11.4 Å². The van der Waals surface area contributed by atoms with E-state index in [1.807, 2.05) is 43.3 Å². The third-order valence-electron chi connectivity index (χ3n) is 3.88. The molecule has 2 N–H and O–H groups in total. The van der Waals surface area contributed by atoms with Crippen LogP contribution in [0.2, 0.25) is 0 Å². The van der Waals surface area contributed by atoms with Gasteiger partial charge in [0.05, 0.1) is 11.9 Å². The SMILES string of the molecule is Cc1ccc(NC(=O)c2ccc(NCc3cccc(C)c3)cn2)cc1. The average molecular weight is 331 g/mol. The maximum absolute atomic E-state index is 12.2. The van der Waals surface area contributed by atoms with Crippen LogP contribution in [0.5, 0.6) is 0 Å². The second-order valence-corrected chi connectivity index (χ2v) is 6.09. The number of anilines is 2. The van der Waals surface area contributed by atoms with Crippen molar-refractivity contribution in [1.29, 1.82) is 0 Å². The van der Waals surface area contributed by atoms with Crippen molar-refractivity contribution in [2.45, 2.75) is 20.4 Å². The molecule has 0 aliphatic rings. The molecule has 1 amide bonds. The Morgan fingerprint density at radius 1 is 0.920 bits per heavy atom. The van der Waals surface area contributed by atoms with E-state index in [1.165, 1.54) is 11.1 Å². The number of nitrogens with zero attached hydrogens (tertiary/aromatic N) is 1. The zero-order chi connectivity index (χ0) is 17.6. The van der Waals surface area contributed by atoms with E-state index in [0.717, 1.165) is 23.5 Å². The lowest BCUT2D eigenvalue weighted by Gasteiger charge is -2.08. The van der Waals surface area contributed by atoms with Crippen molar-refractivity contribution in [1.82, 2.24) is 4.98 Å². The lowest BCUT2D eigenvalue weighted by Crippen LogP contribution is -2.13. The quantitative estimate of drug-likeness (QED) is 0.720. The first-order valence-corrected chi connectivity index (χ1v) is 8.24. The van der Waals surface area contributed by atoms with E-state index in [9.17, 15) is 4.79 Å². The Hall–Kier alpha value is -3.14. The van der Waals surface area contributed by atoms with E-state index in [2.05, 4.69) is 40.7 Å². The summed E-state index contributed by atoms with van der Waals surface area (Å²) in [7, 11) is 0. The van der Waals surface area contributed by atoms with E-state index >= 15 is 0 Å². The molecule has 0 saturated heterocycles. The number of pyridine rings is 1. The number of aromatic nitrogens is 1. The second-order valence-electron chi connectivity index (χ2n) is 6.09. The van der Waals surface area contributed by atoms with E-state index in [-0.39, 0.29) is 5.91 Å². The molecule has 3 rings (SSSR count). The van der Waals surface area contributed by atoms with Gasteiger partial charge in [0.1, 0.15) is 5.69 Å². The van der Waals surface area contributed by atoms with Gasteiger partial charge in [0.2, 0.25) is 0 Å². The molecule has 0 atom stereocenters. The first-order chi connectivity index (χ1) is 12.1. The number of aryl methyl sites for hydroxylation is 2. The highest BCUT2D eigenvalue weighted by Gasteiger charge is 2.07. The molecule has 0 aliphatic heterocycles. The number of amides is 1. The minimum absolute atomic E-state index is 0.214. The van der Waals surface area contributed by atoms with Crippen LogP contribution < -0.4 is 10.6 Å². The van der Waals surface area contributed by atoms with Crippen LogP contribution in [-0.2, 0) is 6.54 Å². The van der Waals surface area contributed by atoms with Gasteiger partial charge in [-0.1, -0.05) is 47.5 Å². The van der Waals surface area contributed by atoms with Gasteiger partial charge >= 0.3 is 0 Å². The largest absolute Gasteiger partial charge is 0.380 e. The lowest BCUT2D eigenvalue weighted by atomic mass is 10.1. The Labute approximate surface area is 147 Å². The molecule has 0 bridgehead atoms. The number of carbonyl (C=O) groups is 1. The highest BCUT2D eigenvalue weighted by molar-refractivity contribution is 6.02. The molecule has 1 aromatic heterocycles. The van der Waals surface area contributed by atoms with Crippen molar-refractivity contribution in [2.75, 3.05) is 10.6 Å². The lowest BCUT2D eigenvalue weighted by molar-refractivity contribution is 0.102. The summed E-state index contributed by atoms with van der Waals surface area (Å²) in [5.74, 6) is -0.214. The predicted octanol–water partition coefficient (Wildman–Crippen LogP) is 4.56. The van der Waals surface area contributed by atoms with E-state index in [1.54, 1.807) is 12.3 Å². The molecular weight excluding hydrogens is 310 g/mol. The summed E-state index contributed by atoms with van der Waals surface area (Å²) < 4.78 is 0. The van der Waals surface area contributed by atoms with E-state index < -0.39 is 0 Å². The molecule has 0 saturated carbocycles. The van der Waals surface area contributed by atoms with Gasteiger partial charge in [-0.05, 0) is 43.7 Å². The van der Waals surface area contributed by atoms with Crippen LogP contribution in [-0.4, -0.2) is 10.9 Å². The Balaban J connectivity index is 1.59. The Morgan fingerprint density at radius 3 is 2.36 bits per heavy atom. The molecule has 0 radical (unpaired) electrons. The van der Waals surface area contributed by atoms with Crippen molar-refractivity contribution >= 4 is 17.3 Å². The first-order valence-electron chi connectivity index (χ1n) is 8.24. The maximum Gasteiger partial charge on any atom is 0.274 e. The summed E-state index contributed by atoms with van der Waals surface area (Å²) in [6.07, 6.45) is 1.68. The van der Waals surface area contributed by atoms with Gasteiger partial charge in [-0.25, -0.2) is 4.98 Å². The van der Waals surface area contributed by atoms with Crippen molar-refractivity contribution in [2.24, 2.45) is 0 Å². The van der Waals surface area contributed by atoms with Crippen molar-refractivity contribution in [3.8, 4) is 0 Å². The van der Waals surface area contributed by atoms with Gasteiger partial charge in [-0.2, -0.15) is 0 Å². The van der Waals surface area contributed by atoms with E-state index in [4.69, 9.17) is 0 Å². The Kier molecular flexibility index (Phi) is 5.09. The van der Waals surface area contributed by atoms with Crippen molar-refractivity contribution in [3.63, 3.8) is 0 Å². The van der Waals surface area contributed by atoms with Crippen LogP contribution in [0.15, 0.2) is 66.9 Å². The van der Waals surface area contributed by atoms with Gasteiger partial charge < -0.3 is 10.6 Å². The minimum atomic E-state index is -0.214. The highest BCUT2D eigenvalue weighted by atomic mass is 16.1. The predicted molar refractivity (Wildman–Crippen MR) is 102 cm³/mol. The monoisotopic (exact) mass is 331 g/mol. The van der Waals surface area contributed by atoms with Gasteiger partial charge in [0.15, 0.2) is 0 Å². The molecule has 4 heteroatoms. The minimum Gasteiger partial charge on any atom is -0.380 e. The fourth-order valence-corrected chi connectivity index (χ4v) is 2.49. The number of hydrogen-bond acceptors (Lipinski definition) is 3. The summed E-state index contributed by atoms with van der Waals surface area (Å²) in [5, 5.41) is 6.16. The molecule has 4 nitrogen and oxygen atoms in total. The number of benzene rings is 2. The third kappa shape index (κ3) is 4.67. The highest BCUT2D eigenvalue weighted by Crippen LogP contribution is 2.13. The van der Waals surface area contributed by atoms with Crippen LogP contribution in [0.25, 0.3) is 0 Å². The van der Waals surface area contributed by atoms with Gasteiger partial charge in [-0.3, -0.25) is 4.79 Å². The summed E-state index contributed by atoms with van der Waals surface area (Å²) in [4.78, 5) is 16.5. The molecule has 0 aliphatic carbocycles. The Bertz CT molecular complexity index is 855. The summed E-state index contributed by atoms with van der Waals surface area (Å²) >= 11 is 0. The number of rotatable bonds is 5. The number of nitrogens with one attached hydrogen (secondary N) is 2. The first kappa shape index (κ1) is 16.7. The normalized spacial score (nSPS) is 10.3. The summed E-state index contributed by atoms with van der Waals surface area (Å²) in [6.45, 7) is 4.81. The smallest absolute Gasteiger partial charge is 0.274 e. The fourth-order valence-electron chi connectivity index (χ4n) is 2.49. The average Bonchev–Trinajstić information content (AvgIpc) is 2.62. The summed E-state index contributed by atoms with van der Waals surface area (Å²) in [5.41, 5.74) is 5.64. The molecule has 0 spiro atoms. The molecule has 0 fully saturated rings. The van der Waals surface area contributed by atoms with Gasteiger partial charge in [0, 0.05) is 12.2 Å². The zero-order valence-electron chi connectivity index (χ0n) is 14.4. The van der Waals surface area contributed by atoms with Crippen molar-refractivity contribution in [3.05, 3.63) is 89.2 Å². The number of hydrogen-bond donors (Lipinski definition) is 2. The maximum atomic E-state index is 12.2. The molecular formula is C21H21N3O. The topological polar surface area (TPSA) is 54.0 Å².